The molecule has 4 heteroatoms. The molecular weight excluding hydrogens is 218 g/mol. The molecule has 1 aromatic heterocycles. The summed E-state index contributed by atoms with van der Waals surface area (Å²) in [6, 6.07) is 2.70. The van der Waals surface area contributed by atoms with E-state index in [0.29, 0.717) is 6.04 Å². The highest BCUT2D eigenvalue weighted by Gasteiger charge is 2.18. The number of rotatable bonds is 1. The molecule has 0 radical (unpaired) electrons. The Kier molecular flexibility index (Phi) is 2.91. The third-order valence-electron chi connectivity index (χ3n) is 2.10. The maximum atomic E-state index is 5.33. The van der Waals surface area contributed by atoms with Crippen LogP contribution in [-0.2, 0) is 0 Å². The smallest absolute Gasteiger partial charge is 0.118 e. The van der Waals surface area contributed by atoms with Crippen molar-refractivity contribution in [2.24, 2.45) is 0 Å². The second kappa shape index (κ2) is 3.98. The first kappa shape index (κ1) is 9.49. The van der Waals surface area contributed by atoms with Gasteiger partial charge in [0.2, 0.25) is 0 Å². The van der Waals surface area contributed by atoms with Gasteiger partial charge in [-0.05, 0) is 17.9 Å². The van der Waals surface area contributed by atoms with E-state index in [0.717, 1.165) is 17.2 Å². The van der Waals surface area contributed by atoms with E-state index in [-0.39, 0.29) is 0 Å². The molecule has 1 aromatic rings. The van der Waals surface area contributed by atoms with Crippen LogP contribution < -0.4 is 5.32 Å². The number of hydrogen-bond acceptors (Lipinski definition) is 3. The molecule has 2 rings (SSSR count). The van der Waals surface area contributed by atoms with E-state index in [1.807, 2.05) is 11.8 Å². The lowest BCUT2D eigenvalue weighted by Crippen LogP contribution is -2.33. The summed E-state index contributed by atoms with van der Waals surface area (Å²) >= 11 is 8.98. The number of thiocarbonyl (C=S) groups is 1. The summed E-state index contributed by atoms with van der Waals surface area (Å²) < 4.78 is 0. The fraction of sp³-hybridized carbons (Fsp3) is 0.444. The van der Waals surface area contributed by atoms with Crippen LogP contribution >= 0.6 is 35.3 Å². The maximum Gasteiger partial charge on any atom is 0.118 e. The Labute approximate surface area is 91.9 Å². The lowest BCUT2D eigenvalue weighted by atomic mass is 10.2. The molecule has 0 bridgehead atoms. The Balaban J connectivity index is 2.25. The van der Waals surface area contributed by atoms with Crippen molar-refractivity contribution in [1.82, 2.24) is 5.32 Å². The molecule has 0 aliphatic carbocycles. The molecule has 0 saturated heterocycles. The van der Waals surface area contributed by atoms with Gasteiger partial charge in [-0.3, -0.25) is 0 Å². The van der Waals surface area contributed by atoms with Gasteiger partial charge in [0, 0.05) is 16.7 Å². The first-order chi connectivity index (χ1) is 6.31. The van der Waals surface area contributed by atoms with E-state index >= 15 is 0 Å². The highest BCUT2D eigenvalue weighted by molar-refractivity contribution is 7.99. The Morgan fingerprint density at radius 1 is 1.69 bits per heavy atom. The van der Waals surface area contributed by atoms with Crippen LogP contribution in [0, 0.1) is 0 Å². The monoisotopic (exact) mass is 229 g/mol. The van der Waals surface area contributed by atoms with Gasteiger partial charge in [0.25, 0.3) is 0 Å². The van der Waals surface area contributed by atoms with Gasteiger partial charge < -0.3 is 5.32 Å². The molecule has 0 saturated carbocycles. The predicted octanol–water partition coefficient (Wildman–Crippen LogP) is 2.90. The van der Waals surface area contributed by atoms with Crippen molar-refractivity contribution in [2.45, 2.75) is 24.3 Å². The molecule has 70 valence electrons. The first-order valence-corrected chi connectivity index (χ1v) is 6.59. The van der Waals surface area contributed by atoms with E-state index in [2.05, 4.69) is 23.7 Å². The average Bonchev–Trinajstić information content (AvgIpc) is 2.54. The SMILES string of the molecule is CCC1CSc2ccsc2C(=S)N1. The molecule has 0 aromatic carbocycles. The van der Waals surface area contributed by atoms with Gasteiger partial charge in [0.1, 0.15) is 4.99 Å². The summed E-state index contributed by atoms with van der Waals surface area (Å²) in [6.45, 7) is 2.19. The van der Waals surface area contributed by atoms with Crippen molar-refractivity contribution in [3.63, 3.8) is 0 Å². The second-order valence-electron chi connectivity index (χ2n) is 3.00. The van der Waals surface area contributed by atoms with Gasteiger partial charge in [-0.25, -0.2) is 0 Å². The molecule has 1 N–H and O–H groups in total. The van der Waals surface area contributed by atoms with E-state index in [1.54, 1.807) is 11.3 Å². The van der Waals surface area contributed by atoms with Crippen LogP contribution in [-0.4, -0.2) is 16.8 Å². The Bertz CT molecular complexity index is 318. The predicted molar refractivity (Wildman–Crippen MR) is 64.0 cm³/mol. The zero-order valence-corrected chi connectivity index (χ0v) is 9.82. The molecule has 1 unspecified atom stereocenters. The van der Waals surface area contributed by atoms with Gasteiger partial charge in [-0.2, -0.15) is 0 Å². The average molecular weight is 229 g/mol. The van der Waals surface area contributed by atoms with Crippen LogP contribution in [0.2, 0.25) is 0 Å². The van der Waals surface area contributed by atoms with Gasteiger partial charge >= 0.3 is 0 Å². The van der Waals surface area contributed by atoms with E-state index < -0.39 is 0 Å². The van der Waals surface area contributed by atoms with Crippen LogP contribution in [0.1, 0.15) is 18.2 Å². The van der Waals surface area contributed by atoms with Gasteiger partial charge in [0.15, 0.2) is 0 Å². The first-order valence-electron chi connectivity index (χ1n) is 4.32. The third-order valence-corrected chi connectivity index (χ3v) is 4.84. The third kappa shape index (κ3) is 1.90. The summed E-state index contributed by atoms with van der Waals surface area (Å²) in [5, 5.41) is 5.50. The van der Waals surface area contributed by atoms with Gasteiger partial charge in [0.05, 0.1) is 4.88 Å². The summed E-state index contributed by atoms with van der Waals surface area (Å²) in [5.74, 6) is 1.13. The summed E-state index contributed by atoms with van der Waals surface area (Å²) in [4.78, 5) is 3.52. The highest BCUT2D eigenvalue weighted by Crippen LogP contribution is 2.31. The molecule has 1 aliphatic rings. The van der Waals surface area contributed by atoms with E-state index in [9.17, 15) is 0 Å². The van der Waals surface area contributed by atoms with Crippen molar-refractivity contribution < 1.29 is 0 Å². The molecule has 1 nitrogen and oxygen atoms in total. The quantitative estimate of drug-likeness (QED) is 0.744. The zero-order chi connectivity index (χ0) is 9.26. The number of nitrogens with one attached hydrogen (secondary N) is 1. The van der Waals surface area contributed by atoms with Crippen molar-refractivity contribution in [3.8, 4) is 0 Å². The minimum absolute atomic E-state index is 0.539. The Morgan fingerprint density at radius 2 is 2.54 bits per heavy atom. The fourth-order valence-electron chi connectivity index (χ4n) is 1.28. The van der Waals surface area contributed by atoms with Crippen LogP contribution in [0.3, 0.4) is 0 Å². The molecule has 2 heterocycles. The molecule has 1 atom stereocenters. The molecule has 0 amide bonds. The topological polar surface area (TPSA) is 12.0 Å². The number of thioether (sulfide) groups is 1. The number of fused-ring (bicyclic) bond motifs is 1. The van der Waals surface area contributed by atoms with Crippen molar-refractivity contribution in [3.05, 3.63) is 16.3 Å². The van der Waals surface area contributed by atoms with Crippen LogP contribution in [0.5, 0.6) is 0 Å². The van der Waals surface area contributed by atoms with E-state index in [4.69, 9.17) is 12.2 Å². The second-order valence-corrected chi connectivity index (χ2v) is 5.39. The molecule has 0 spiro atoms. The summed E-state index contributed by atoms with van der Waals surface area (Å²) in [7, 11) is 0. The number of thiophene rings is 1. The minimum atomic E-state index is 0.539. The highest BCUT2D eigenvalue weighted by atomic mass is 32.2. The largest absolute Gasteiger partial charge is 0.372 e. The molecule has 13 heavy (non-hydrogen) atoms. The fourth-order valence-corrected chi connectivity index (χ4v) is 3.96. The Hall–Kier alpha value is -0.0600. The molecule has 0 fully saturated rings. The van der Waals surface area contributed by atoms with E-state index in [1.165, 1.54) is 9.77 Å². The van der Waals surface area contributed by atoms with Crippen LogP contribution in [0.4, 0.5) is 0 Å². The lowest BCUT2D eigenvalue weighted by Gasteiger charge is -2.13. The zero-order valence-electron chi connectivity index (χ0n) is 7.37. The Morgan fingerprint density at radius 3 is 3.31 bits per heavy atom. The molecular formula is C9H11NS3. The van der Waals surface area contributed by atoms with Crippen molar-refractivity contribution in [1.29, 1.82) is 0 Å². The number of hydrogen-bond donors (Lipinski definition) is 1. The lowest BCUT2D eigenvalue weighted by molar-refractivity contribution is 0.659. The van der Waals surface area contributed by atoms with Gasteiger partial charge in [-0.1, -0.05) is 19.1 Å². The normalized spacial score (nSPS) is 21.9. The maximum absolute atomic E-state index is 5.33. The van der Waals surface area contributed by atoms with Crippen molar-refractivity contribution in [2.75, 3.05) is 5.75 Å². The summed E-state index contributed by atoms with van der Waals surface area (Å²) in [5.41, 5.74) is 0. The van der Waals surface area contributed by atoms with Crippen LogP contribution in [0.25, 0.3) is 0 Å². The molecule has 1 aliphatic heterocycles. The van der Waals surface area contributed by atoms with Crippen LogP contribution in [0.15, 0.2) is 16.3 Å². The van der Waals surface area contributed by atoms with Crippen molar-refractivity contribution >= 4 is 40.3 Å². The minimum Gasteiger partial charge on any atom is -0.372 e. The van der Waals surface area contributed by atoms with Gasteiger partial charge in [-0.15, -0.1) is 23.1 Å². The summed E-state index contributed by atoms with van der Waals surface area (Å²) in [6.07, 6.45) is 1.14. The standard InChI is InChI=1S/C9H11NS3/c1-2-6-5-13-7-3-4-12-8(7)9(11)10-6/h3-4,6H,2,5H2,1H3,(H,10,11).